The van der Waals surface area contributed by atoms with Gasteiger partial charge in [0, 0.05) is 6.54 Å². The fourth-order valence-electron chi connectivity index (χ4n) is 1.69. The first-order valence-corrected chi connectivity index (χ1v) is 6.03. The minimum absolute atomic E-state index is 0.126. The highest BCUT2D eigenvalue weighted by atomic mass is 19.4. The van der Waals surface area contributed by atoms with E-state index in [1.54, 1.807) is 0 Å². The zero-order valence-electron chi connectivity index (χ0n) is 11.1. The molecular weight excluding hydrogens is 300 g/mol. The molecule has 0 saturated heterocycles. The van der Waals surface area contributed by atoms with Crippen LogP contribution in [0, 0.1) is 0 Å². The number of hydrogen-bond donors (Lipinski definition) is 0. The third-order valence-corrected chi connectivity index (χ3v) is 2.74. The quantitative estimate of drug-likeness (QED) is 0.777. The molecule has 0 spiro atoms. The number of rotatable bonds is 4. The lowest BCUT2D eigenvalue weighted by Gasteiger charge is -2.22. The standard InChI is InChI=1S/C13H13F6NO/c1-2-20(8-12(14,15)16)11(21)7-9-3-5-10(6-4-9)13(17,18)19/h3-6H,2,7-8H2,1H3. The number of hydrogen-bond acceptors (Lipinski definition) is 1. The summed E-state index contributed by atoms with van der Waals surface area (Å²) in [5, 5.41) is 0. The van der Waals surface area contributed by atoms with Crippen molar-refractivity contribution in [1.82, 2.24) is 4.90 Å². The zero-order valence-corrected chi connectivity index (χ0v) is 11.1. The number of carbonyl (C=O) groups excluding carboxylic acids is 1. The van der Waals surface area contributed by atoms with Crippen LogP contribution in [0.2, 0.25) is 0 Å². The Morgan fingerprint density at radius 2 is 1.57 bits per heavy atom. The molecular formula is C13H13F6NO. The molecule has 0 heterocycles. The molecule has 1 rings (SSSR count). The van der Waals surface area contributed by atoms with Gasteiger partial charge in [-0.2, -0.15) is 26.3 Å². The summed E-state index contributed by atoms with van der Waals surface area (Å²) in [5.74, 6) is -0.783. The normalized spacial score (nSPS) is 12.3. The van der Waals surface area contributed by atoms with Gasteiger partial charge < -0.3 is 4.90 Å². The Morgan fingerprint density at radius 1 is 1.05 bits per heavy atom. The molecule has 0 atom stereocenters. The SMILES string of the molecule is CCN(CC(F)(F)F)C(=O)Cc1ccc(C(F)(F)F)cc1. The summed E-state index contributed by atoms with van der Waals surface area (Å²) in [6.07, 6.45) is -9.37. The number of alkyl halides is 6. The van der Waals surface area contributed by atoms with Crippen molar-refractivity contribution in [2.75, 3.05) is 13.1 Å². The summed E-state index contributed by atoms with van der Waals surface area (Å²) in [6.45, 7) is -0.0989. The maximum Gasteiger partial charge on any atom is 0.416 e. The predicted octanol–water partition coefficient (Wildman–Crippen LogP) is 3.66. The van der Waals surface area contributed by atoms with Crippen LogP contribution in [0.4, 0.5) is 26.3 Å². The van der Waals surface area contributed by atoms with E-state index in [2.05, 4.69) is 0 Å². The molecule has 0 radical (unpaired) electrons. The van der Waals surface area contributed by atoms with Crippen LogP contribution >= 0.6 is 0 Å². The van der Waals surface area contributed by atoms with Crippen LogP contribution in [0.5, 0.6) is 0 Å². The van der Waals surface area contributed by atoms with Gasteiger partial charge >= 0.3 is 12.4 Å². The Balaban J connectivity index is 2.74. The van der Waals surface area contributed by atoms with Gasteiger partial charge in [0.15, 0.2) is 0 Å². The van der Waals surface area contributed by atoms with E-state index >= 15 is 0 Å². The van der Waals surface area contributed by atoms with E-state index in [1.165, 1.54) is 6.92 Å². The van der Waals surface area contributed by atoms with Crippen molar-refractivity contribution in [3.63, 3.8) is 0 Å². The van der Waals surface area contributed by atoms with Crippen molar-refractivity contribution in [2.45, 2.75) is 25.7 Å². The largest absolute Gasteiger partial charge is 0.416 e. The Labute approximate surface area is 117 Å². The van der Waals surface area contributed by atoms with Gasteiger partial charge in [-0.25, -0.2) is 0 Å². The van der Waals surface area contributed by atoms with Crippen LogP contribution < -0.4 is 0 Å². The number of amides is 1. The summed E-state index contributed by atoms with van der Waals surface area (Å²) in [6, 6.07) is 3.76. The highest BCUT2D eigenvalue weighted by Crippen LogP contribution is 2.29. The second-order valence-corrected chi connectivity index (χ2v) is 4.39. The average molecular weight is 313 g/mol. The molecule has 0 bridgehead atoms. The average Bonchev–Trinajstić information content (AvgIpc) is 2.34. The molecule has 2 nitrogen and oxygen atoms in total. The van der Waals surface area contributed by atoms with Crippen LogP contribution in [-0.4, -0.2) is 30.1 Å². The van der Waals surface area contributed by atoms with Crippen molar-refractivity contribution in [3.8, 4) is 0 Å². The van der Waals surface area contributed by atoms with E-state index in [0.717, 1.165) is 24.3 Å². The molecule has 0 aliphatic carbocycles. The van der Waals surface area contributed by atoms with Gasteiger partial charge in [-0.3, -0.25) is 4.79 Å². The first kappa shape index (κ1) is 17.3. The number of likely N-dealkylation sites (N-methyl/N-ethyl adjacent to an activating group) is 1. The van der Waals surface area contributed by atoms with Crippen LogP contribution in [0.3, 0.4) is 0 Å². The maximum absolute atomic E-state index is 12.4. The minimum atomic E-state index is -4.51. The summed E-state index contributed by atoms with van der Waals surface area (Å²) in [5.41, 5.74) is -0.644. The molecule has 0 aromatic heterocycles. The van der Waals surface area contributed by atoms with Gasteiger partial charge in [-0.1, -0.05) is 12.1 Å². The van der Waals surface area contributed by atoms with E-state index in [-0.39, 0.29) is 18.5 Å². The lowest BCUT2D eigenvalue weighted by Crippen LogP contribution is -2.39. The predicted molar refractivity (Wildman–Crippen MR) is 63.5 cm³/mol. The molecule has 1 aromatic rings. The number of nitrogens with zero attached hydrogens (tertiary/aromatic N) is 1. The van der Waals surface area contributed by atoms with E-state index in [0.29, 0.717) is 4.90 Å². The molecule has 0 saturated carbocycles. The molecule has 0 fully saturated rings. The lowest BCUT2D eigenvalue weighted by molar-refractivity contribution is -0.160. The number of benzene rings is 1. The molecule has 0 unspecified atom stereocenters. The van der Waals surface area contributed by atoms with Crippen LogP contribution in [0.25, 0.3) is 0 Å². The zero-order chi connectivity index (χ0) is 16.3. The summed E-state index contributed by atoms with van der Waals surface area (Å²) < 4.78 is 73.8. The van der Waals surface area contributed by atoms with Crippen molar-refractivity contribution < 1.29 is 31.1 Å². The van der Waals surface area contributed by atoms with E-state index in [1.807, 2.05) is 0 Å². The Kier molecular flexibility index (Phi) is 5.25. The molecule has 118 valence electrons. The third kappa shape index (κ3) is 5.65. The maximum atomic E-state index is 12.4. The fraction of sp³-hybridized carbons (Fsp3) is 0.462. The molecule has 8 heteroatoms. The summed E-state index contributed by atoms with van der Waals surface area (Å²) in [4.78, 5) is 12.3. The van der Waals surface area contributed by atoms with E-state index < -0.39 is 30.4 Å². The van der Waals surface area contributed by atoms with Gasteiger partial charge in [0.05, 0.1) is 12.0 Å². The van der Waals surface area contributed by atoms with Gasteiger partial charge in [-0.15, -0.1) is 0 Å². The van der Waals surface area contributed by atoms with E-state index in [4.69, 9.17) is 0 Å². The van der Waals surface area contributed by atoms with Crippen molar-refractivity contribution in [1.29, 1.82) is 0 Å². The van der Waals surface area contributed by atoms with Crippen molar-refractivity contribution in [2.24, 2.45) is 0 Å². The first-order chi connectivity index (χ1) is 9.53. The van der Waals surface area contributed by atoms with Gasteiger partial charge in [0.2, 0.25) is 5.91 Å². The smallest absolute Gasteiger partial charge is 0.334 e. The topological polar surface area (TPSA) is 20.3 Å². The van der Waals surface area contributed by atoms with Crippen molar-refractivity contribution in [3.05, 3.63) is 35.4 Å². The van der Waals surface area contributed by atoms with Crippen molar-refractivity contribution >= 4 is 5.91 Å². The second-order valence-electron chi connectivity index (χ2n) is 4.39. The monoisotopic (exact) mass is 313 g/mol. The van der Waals surface area contributed by atoms with Crippen LogP contribution in [0.15, 0.2) is 24.3 Å². The molecule has 1 aromatic carbocycles. The number of halogens is 6. The first-order valence-electron chi connectivity index (χ1n) is 6.03. The Morgan fingerprint density at radius 3 is 1.95 bits per heavy atom. The Hall–Kier alpha value is -1.73. The van der Waals surface area contributed by atoms with Gasteiger partial charge in [-0.05, 0) is 24.6 Å². The minimum Gasteiger partial charge on any atom is -0.334 e. The van der Waals surface area contributed by atoms with Crippen LogP contribution in [-0.2, 0) is 17.4 Å². The van der Waals surface area contributed by atoms with E-state index in [9.17, 15) is 31.1 Å². The molecule has 0 N–H and O–H groups in total. The molecule has 0 aliphatic heterocycles. The van der Waals surface area contributed by atoms with Gasteiger partial charge in [0.25, 0.3) is 0 Å². The molecule has 0 aliphatic rings. The highest BCUT2D eigenvalue weighted by Gasteiger charge is 2.32. The highest BCUT2D eigenvalue weighted by molar-refractivity contribution is 5.78. The molecule has 21 heavy (non-hydrogen) atoms. The molecule has 1 amide bonds. The second kappa shape index (κ2) is 6.36. The lowest BCUT2D eigenvalue weighted by atomic mass is 10.1. The Bertz CT molecular complexity index is 477. The summed E-state index contributed by atoms with van der Waals surface area (Å²) >= 11 is 0. The fourth-order valence-corrected chi connectivity index (χ4v) is 1.69. The third-order valence-electron chi connectivity index (χ3n) is 2.74. The van der Waals surface area contributed by atoms with Gasteiger partial charge in [0.1, 0.15) is 6.54 Å². The summed E-state index contributed by atoms with van der Waals surface area (Å²) in [7, 11) is 0. The number of carbonyl (C=O) groups is 1. The van der Waals surface area contributed by atoms with Crippen LogP contribution in [0.1, 0.15) is 18.1 Å².